The van der Waals surface area contributed by atoms with E-state index in [1.807, 2.05) is 6.92 Å². The molecule has 1 unspecified atom stereocenters. The lowest BCUT2D eigenvalue weighted by Gasteiger charge is -1.99. The van der Waals surface area contributed by atoms with E-state index in [0.29, 0.717) is 12.6 Å². The van der Waals surface area contributed by atoms with Crippen LogP contribution in [-0.2, 0) is 6.54 Å². The van der Waals surface area contributed by atoms with Crippen molar-refractivity contribution in [3.63, 3.8) is 0 Å². The van der Waals surface area contributed by atoms with Gasteiger partial charge in [0.2, 0.25) is 0 Å². The molecule has 0 radical (unpaired) electrons. The Balaban J connectivity index is 1.93. The molecular weight excluding hydrogens is 214 g/mol. The largest absolute Gasteiger partial charge is 0.362 e. The Bertz CT molecular complexity index is 346. The molecule has 1 saturated heterocycles. The van der Waals surface area contributed by atoms with E-state index in [2.05, 4.69) is 27.6 Å². The van der Waals surface area contributed by atoms with Gasteiger partial charge in [0.1, 0.15) is 5.01 Å². The van der Waals surface area contributed by atoms with E-state index in [4.69, 9.17) is 0 Å². The number of aryl methyl sites for hydroxylation is 1. The van der Waals surface area contributed by atoms with Gasteiger partial charge in [0, 0.05) is 22.9 Å². The summed E-state index contributed by atoms with van der Waals surface area (Å²) in [5.41, 5.74) is 1.09. The van der Waals surface area contributed by atoms with Crippen LogP contribution in [0.2, 0.25) is 0 Å². The van der Waals surface area contributed by atoms with E-state index in [1.165, 1.54) is 0 Å². The second-order valence-electron chi connectivity index (χ2n) is 3.36. The molecule has 0 spiro atoms. The predicted octanol–water partition coefficient (Wildman–Crippen LogP) is 2.03. The van der Waals surface area contributed by atoms with Crippen LogP contribution in [0.25, 0.3) is 0 Å². The number of thioether (sulfide) groups is 1. The molecule has 0 amide bonds. The van der Waals surface area contributed by atoms with Gasteiger partial charge < -0.3 is 5.32 Å². The number of hydrogen-bond acceptors (Lipinski definition) is 4. The molecule has 1 aromatic heterocycles. The fourth-order valence-corrected chi connectivity index (χ4v) is 2.83. The molecule has 0 bridgehead atoms. The molecule has 1 aliphatic heterocycles. The van der Waals surface area contributed by atoms with Crippen LogP contribution in [0, 0.1) is 6.92 Å². The molecule has 5 heteroatoms. The maximum atomic E-state index is 4.47. The lowest BCUT2D eigenvalue weighted by molar-refractivity contribution is 0.764. The van der Waals surface area contributed by atoms with Crippen molar-refractivity contribution in [2.45, 2.75) is 26.4 Å². The summed E-state index contributed by atoms with van der Waals surface area (Å²) >= 11 is 3.47. The van der Waals surface area contributed by atoms with Gasteiger partial charge in [-0.25, -0.2) is 4.98 Å². The molecule has 1 fully saturated rings. The highest BCUT2D eigenvalue weighted by molar-refractivity contribution is 8.14. The Kier molecular flexibility index (Phi) is 3.08. The van der Waals surface area contributed by atoms with Gasteiger partial charge in [-0.2, -0.15) is 0 Å². The number of nitrogens with zero attached hydrogens (tertiary/aromatic N) is 2. The third-order valence-corrected chi connectivity index (χ3v) is 4.00. The molecular formula is C9H13N3S2. The Labute approximate surface area is 92.0 Å². The Hall–Kier alpha value is -0.550. The molecule has 2 heterocycles. The van der Waals surface area contributed by atoms with Crippen LogP contribution >= 0.6 is 23.1 Å². The maximum absolute atomic E-state index is 4.47. The predicted molar refractivity (Wildman–Crippen MR) is 63.0 cm³/mol. The third-order valence-electron chi connectivity index (χ3n) is 1.86. The van der Waals surface area contributed by atoms with E-state index in [9.17, 15) is 0 Å². The van der Waals surface area contributed by atoms with Crippen molar-refractivity contribution < 1.29 is 0 Å². The maximum Gasteiger partial charge on any atom is 0.157 e. The van der Waals surface area contributed by atoms with Crippen molar-refractivity contribution in [1.29, 1.82) is 0 Å². The summed E-state index contributed by atoms with van der Waals surface area (Å²) in [7, 11) is 0. The summed E-state index contributed by atoms with van der Waals surface area (Å²) in [6, 6.07) is 0.553. The van der Waals surface area contributed by atoms with E-state index in [-0.39, 0.29) is 0 Å². The molecule has 0 aliphatic carbocycles. The fourth-order valence-electron chi connectivity index (χ4n) is 1.20. The van der Waals surface area contributed by atoms with Crippen molar-refractivity contribution in [3.05, 3.63) is 16.1 Å². The minimum absolute atomic E-state index is 0.553. The third kappa shape index (κ3) is 2.48. The second-order valence-corrected chi connectivity index (χ2v) is 5.31. The first-order chi connectivity index (χ1) is 6.74. The van der Waals surface area contributed by atoms with Crippen LogP contribution in [0.4, 0.5) is 0 Å². The molecule has 14 heavy (non-hydrogen) atoms. The molecule has 76 valence electrons. The molecule has 1 N–H and O–H groups in total. The lowest BCUT2D eigenvalue weighted by atomic mass is 10.4. The minimum atomic E-state index is 0.553. The Morgan fingerprint density at radius 1 is 1.71 bits per heavy atom. The van der Waals surface area contributed by atoms with Gasteiger partial charge in [0.25, 0.3) is 0 Å². The Morgan fingerprint density at radius 2 is 2.57 bits per heavy atom. The summed E-state index contributed by atoms with van der Waals surface area (Å²) < 4.78 is 0. The van der Waals surface area contributed by atoms with E-state index in [0.717, 1.165) is 21.6 Å². The van der Waals surface area contributed by atoms with Crippen molar-refractivity contribution in [2.24, 2.45) is 4.99 Å². The first kappa shape index (κ1) is 9.98. The van der Waals surface area contributed by atoms with Gasteiger partial charge in [-0.1, -0.05) is 11.8 Å². The number of hydrogen-bond donors (Lipinski definition) is 1. The number of aliphatic imine (C=N–C) groups is 1. The first-order valence-corrected chi connectivity index (χ1v) is 6.45. The SMILES string of the molecule is Cc1csc(CN=C2NC(C)CS2)n1. The number of rotatable bonds is 2. The van der Waals surface area contributed by atoms with E-state index >= 15 is 0 Å². The summed E-state index contributed by atoms with van der Waals surface area (Å²) in [5.74, 6) is 1.12. The smallest absolute Gasteiger partial charge is 0.157 e. The van der Waals surface area contributed by atoms with E-state index in [1.54, 1.807) is 23.1 Å². The van der Waals surface area contributed by atoms with Crippen LogP contribution in [0.15, 0.2) is 10.4 Å². The van der Waals surface area contributed by atoms with Crippen LogP contribution in [0.1, 0.15) is 17.6 Å². The zero-order valence-electron chi connectivity index (χ0n) is 8.28. The normalized spacial score (nSPS) is 24.1. The lowest BCUT2D eigenvalue weighted by Crippen LogP contribution is -2.23. The summed E-state index contributed by atoms with van der Waals surface area (Å²) in [6.07, 6.45) is 0. The van der Waals surface area contributed by atoms with Gasteiger partial charge in [0.15, 0.2) is 5.17 Å². The molecule has 2 rings (SSSR count). The average Bonchev–Trinajstić information content (AvgIpc) is 2.72. The van der Waals surface area contributed by atoms with Crippen molar-refractivity contribution >= 4 is 28.3 Å². The highest BCUT2D eigenvalue weighted by Crippen LogP contribution is 2.15. The standard InChI is InChI=1S/C9H13N3S2/c1-6-4-13-8(11-6)3-10-9-12-7(2)5-14-9/h4,7H,3,5H2,1-2H3,(H,10,12). The monoisotopic (exact) mass is 227 g/mol. The highest BCUT2D eigenvalue weighted by Gasteiger charge is 2.14. The molecule has 1 atom stereocenters. The fraction of sp³-hybridized carbons (Fsp3) is 0.556. The highest BCUT2D eigenvalue weighted by atomic mass is 32.2. The van der Waals surface area contributed by atoms with Crippen LogP contribution in [-0.4, -0.2) is 21.9 Å². The quantitative estimate of drug-likeness (QED) is 0.840. The Morgan fingerprint density at radius 3 is 3.14 bits per heavy atom. The van der Waals surface area contributed by atoms with Gasteiger partial charge >= 0.3 is 0 Å². The van der Waals surface area contributed by atoms with Gasteiger partial charge in [-0.15, -0.1) is 11.3 Å². The topological polar surface area (TPSA) is 37.3 Å². The van der Waals surface area contributed by atoms with Crippen LogP contribution < -0.4 is 5.32 Å². The minimum Gasteiger partial charge on any atom is -0.362 e. The van der Waals surface area contributed by atoms with Gasteiger partial charge in [0.05, 0.1) is 6.54 Å². The van der Waals surface area contributed by atoms with Gasteiger partial charge in [-0.3, -0.25) is 4.99 Å². The molecule has 1 aliphatic rings. The second kappa shape index (κ2) is 4.31. The number of thiazole rings is 1. The zero-order chi connectivity index (χ0) is 9.97. The average molecular weight is 227 g/mol. The van der Waals surface area contributed by atoms with Crippen LogP contribution in [0.3, 0.4) is 0 Å². The van der Waals surface area contributed by atoms with Crippen molar-refractivity contribution in [3.8, 4) is 0 Å². The molecule has 3 nitrogen and oxygen atoms in total. The number of aromatic nitrogens is 1. The number of nitrogens with one attached hydrogen (secondary N) is 1. The van der Waals surface area contributed by atoms with E-state index < -0.39 is 0 Å². The zero-order valence-corrected chi connectivity index (χ0v) is 9.91. The summed E-state index contributed by atoms with van der Waals surface area (Å²) in [6.45, 7) is 4.89. The first-order valence-electron chi connectivity index (χ1n) is 4.59. The van der Waals surface area contributed by atoms with Crippen LogP contribution in [0.5, 0.6) is 0 Å². The van der Waals surface area contributed by atoms with Crippen molar-refractivity contribution in [2.75, 3.05) is 5.75 Å². The van der Waals surface area contributed by atoms with Crippen molar-refractivity contribution in [1.82, 2.24) is 10.3 Å². The molecule has 1 aromatic rings. The molecule has 0 saturated carbocycles. The summed E-state index contributed by atoms with van der Waals surface area (Å²) in [4.78, 5) is 8.84. The molecule has 0 aromatic carbocycles. The number of amidine groups is 1. The summed E-state index contributed by atoms with van der Waals surface area (Å²) in [5, 5.41) is 7.54. The van der Waals surface area contributed by atoms with Gasteiger partial charge in [-0.05, 0) is 13.8 Å².